The van der Waals surface area contributed by atoms with Crippen molar-refractivity contribution < 1.29 is 32.6 Å². The number of halogens is 3. The number of para-hydroxylation sites is 1. The van der Waals surface area contributed by atoms with E-state index in [0.717, 1.165) is 27.6 Å². The Labute approximate surface area is 183 Å². The molecular weight excluding hydrogens is 430 g/mol. The number of fused-ring (bicyclic) bond motifs is 1. The normalized spacial score (nSPS) is 11.8. The van der Waals surface area contributed by atoms with Gasteiger partial charge in [0.05, 0.1) is 6.61 Å². The molecule has 0 aliphatic rings. The minimum Gasteiger partial charge on any atom is -0.488 e. The number of rotatable bonds is 10. The first kappa shape index (κ1) is 23.0. The van der Waals surface area contributed by atoms with E-state index in [0.29, 0.717) is 23.5 Å². The molecule has 0 saturated carbocycles. The molecule has 2 aromatic carbocycles. The number of alkyl halides is 3. The van der Waals surface area contributed by atoms with Crippen molar-refractivity contribution in [1.29, 1.82) is 0 Å². The van der Waals surface area contributed by atoms with E-state index in [1.165, 1.54) is 0 Å². The molecule has 0 aliphatic carbocycles. The van der Waals surface area contributed by atoms with Gasteiger partial charge in [0.25, 0.3) is 0 Å². The van der Waals surface area contributed by atoms with Crippen LogP contribution in [0.1, 0.15) is 34.4 Å². The fourth-order valence-electron chi connectivity index (χ4n) is 3.36. The number of carboxylic acids is 1. The van der Waals surface area contributed by atoms with Crippen molar-refractivity contribution >= 4 is 28.5 Å². The van der Waals surface area contributed by atoms with Crippen LogP contribution in [0.2, 0.25) is 0 Å². The first-order valence-corrected chi connectivity index (χ1v) is 10.2. The van der Waals surface area contributed by atoms with Gasteiger partial charge >= 0.3 is 11.5 Å². The molecule has 8 heteroatoms. The summed E-state index contributed by atoms with van der Waals surface area (Å²) in [6.45, 7) is 3.88. The Hall–Kier alpha value is -2.64. The maximum absolute atomic E-state index is 12.6. The average molecular weight is 453 g/mol. The predicted octanol–water partition coefficient (Wildman–Crippen LogP) is 5.99. The molecule has 3 rings (SSSR count). The molecule has 0 aliphatic heterocycles. The second kappa shape index (κ2) is 9.66. The van der Waals surface area contributed by atoms with E-state index >= 15 is 0 Å². The van der Waals surface area contributed by atoms with Gasteiger partial charge in [-0.05, 0) is 60.7 Å². The molecule has 1 aromatic heterocycles. The minimum atomic E-state index is -3.69. The third kappa shape index (κ3) is 6.18. The number of carboxylic acid groups (broad SMARTS) is 1. The molecule has 3 aromatic rings. The lowest BCUT2D eigenvalue weighted by Gasteiger charge is -2.14. The first-order valence-electron chi connectivity index (χ1n) is 9.78. The molecule has 31 heavy (non-hydrogen) atoms. The third-order valence-electron chi connectivity index (χ3n) is 5.13. The van der Waals surface area contributed by atoms with E-state index in [1.807, 2.05) is 44.2 Å². The molecule has 0 radical (unpaired) electrons. The van der Waals surface area contributed by atoms with Crippen LogP contribution in [0.3, 0.4) is 0 Å². The molecule has 0 bridgehead atoms. The number of aliphatic carboxylic acids is 1. The van der Waals surface area contributed by atoms with E-state index in [-0.39, 0.29) is 26.1 Å². The van der Waals surface area contributed by atoms with Crippen LogP contribution < -0.4 is 4.74 Å². The highest BCUT2D eigenvalue weighted by Crippen LogP contribution is 2.29. The van der Waals surface area contributed by atoms with Crippen LogP contribution in [0.4, 0.5) is 8.78 Å². The first-order chi connectivity index (χ1) is 14.6. The van der Waals surface area contributed by atoms with Crippen molar-refractivity contribution in [3.8, 4) is 5.75 Å². The SMILES string of the molecule is Cc1c(CCC(=O)O)ccc(OCc2cccc3cc(CCOC(F)(F)Cl)oc23)c1C. The summed E-state index contributed by atoms with van der Waals surface area (Å²) in [6.07, 6.45) is 0.709. The zero-order valence-corrected chi connectivity index (χ0v) is 18.0. The maximum Gasteiger partial charge on any atom is 0.440 e. The summed E-state index contributed by atoms with van der Waals surface area (Å²) in [5, 5.41) is 9.73. The molecule has 0 unspecified atom stereocenters. The van der Waals surface area contributed by atoms with Crippen LogP contribution in [-0.4, -0.2) is 23.3 Å². The quantitative estimate of drug-likeness (QED) is 0.382. The number of hydrogen-bond donors (Lipinski definition) is 1. The van der Waals surface area contributed by atoms with Gasteiger partial charge in [-0.25, -0.2) is 0 Å². The number of hydrogen-bond acceptors (Lipinski definition) is 4. The van der Waals surface area contributed by atoms with E-state index in [9.17, 15) is 13.6 Å². The second-order valence-corrected chi connectivity index (χ2v) is 7.69. The lowest BCUT2D eigenvalue weighted by Crippen LogP contribution is -2.13. The molecular formula is C23H23ClF2O5. The van der Waals surface area contributed by atoms with Gasteiger partial charge in [-0.15, -0.1) is 0 Å². The zero-order valence-electron chi connectivity index (χ0n) is 17.2. The molecule has 0 amide bonds. The van der Waals surface area contributed by atoms with Crippen molar-refractivity contribution in [2.24, 2.45) is 0 Å². The number of benzene rings is 2. The molecule has 5 nitrogen and oxygen atoms in total. The summed E-state index contributed by atoms with van der Waals surface area (Å²) in [7, 11) is 0. The van der Waals surface area contributed by atoms with Gasteiger partial charge in [-0.1, -0.05) is 24.3 Å². The van der Waals surface area contributed by atoms with Crippen LogP contribution >= 0.6 is 11.6 Å². The molecule has 1 N–H and O–H groups in total. The Morgan fingerprint density at radius 3 is 2.61 bits per heavy atom. The van der Waals surface area contributed by atoms with Gasteiger partial charge in [-0.2, -0.15) is 8.78 Å². The van der Waals surface area contributed by atoms with Crippen LogP contribution in [0.5, 0.6) is 5.75 Å². The van der Waals surface area contributed by atoms with Crippen molar-refractivity contribution in [1.82, 2.24) is 0 Å². The molecule has 0 saturated heterocycles. The maximum atomic E-state index is 12.6. The standard InChI is InChI=1S/C23H23ClF2O5/c1-14-15(2)20(8-6-16(14)7-9-21(27)28)29-13-18-5-3-4-17-12-19(31-22(17)18)10-11-30-23(24,25)26/h3-6,8,12H,7,9-11,13H2,1-2H3,(H,27,28). The van der Waals surface area contributed by atoms with Gasteiger partial charge in [0, 0.05) is 23.8 Å². The van der Waals surface area contributed by atoms with Gasteiger partial charge in [-0.3, -0.25) is 4.79 Å². The Kier molecular flexibility index (Phi) is 7.18. The van der Waals surface area contributed by atoms with Crippen molar-refractivity contribution in [3.05, 3.63) is 64.4 Å². The Bertz CT molecular complexity index is 1070. The van der Waals surface area contributed by atoms with Crippen LogP contribution in [0.15, 0.2) is 40.8 Å². The Balaban J connectivity index is 1.71. The van der Waals surface area contributed by atoms with E-state index < -0.39 is 11.5 Å². The molecule has 1 heterocycles. The predicted molar refractivity (Wildman–Crippen MR) is 113 cm³/mol. The minimum absolute atomic E-state index is 0.0802. The topological polar surface area (TPSA) is 68.9 Å². The van der Waals surface area contributed by atoms with Gasteiger partial charge in [0.1, 0.15) is 23.7 Å². The van der Waals surface area contributed by atoms with E-state index in [4.69, 9.17) is 25.9 Å². The highest BCUT2D eigenvalue weighted by atomic mass is 35.5. The number of ether oxygens (including phenoxy) is 2. The van der Waals surface area contributed by atoms with Crippen molar-refractivity contribution in [2.75, 3.05) is 6.61 Å². The van der Waals surface area contributed by atoms with Crippen molar-refractivity contribution in [2.45, 2.75) is 45.3 Å². The fourth-order valence-corrected chi connectivity index (χ4v) is 3.43. The summed E-state index contributed by atoms with van der Waals surface area (Å²) < 4.78 is 41.3. The lowest BCUT2D eigenvalue weighted by atomic mass is 9.99. The molecule has 166 valence electrons. The van der Waals surface area contributed by atoms with E-state index in [2.05, 4.69) is 4.74 Å². The Morgan fingerprint density at radius 1 is 1.13 bits per heavy atom. The molecule has 0 spiro atoms. The van der Waals surface area contributed by atoms with E-state index in [1.54, 1.807) is 6.07 Å². The summed E-state index contributed by atoms with van der Waals surface area (Å²) in [5.41, 5.74) is 0.698. The third-order valence-corrected chi connectivity index (χ3v) is 5.24. The summed E-state index contributed by atoms with van der Waals surface area (Å²) in [6, 6.07) is 11.1. The number of aryl methyl sites for hydroxylation is 1. The van der Waals surface area contributed by atoms with Gasteiger partial charge in [0.2, 0.25) is 0 Å². The summed E-state index contributed by atoms with van der Waals surface area (Å²) >= 11 is 4.74. The molecule has 0 atom stereocenters. The van der Waals surface area contributed by atoms with Gasteiger partial charge < -0.3 is 19.0 Å². The highest BCUT2D eigenvalue weighted by Gasteiger charge is 2.25. The van der Waals surface area contributed by atoms with Gasteiger partial charge in [0.15, 0.2) is 0 Å². The summed E-state index contributed by atoms with van der Waals surface area (Å²) in [5.74, 6) is 0.391. The van der Waals surface area contributed by atoms with Crippen LogP contribution in [0.25, 0.3) is 11.0 Å². The number of furan rings is 1. The zero-order chi connectivity index (χ0) is 22.6. The largest absolute Gasteiger partial charge is 0.488 e. The summed E-state index contributed by atoms with van der Waals surface area (Å²) in [4.78, 5) is 10.8. The highest BCUT2D eigenvalue weighted by molar-refractivity contribution is 6.20. The van der Waals surface area contributed by atoms with Crippen LogP contribution in [-0.2, 0) is 29.0 Å². The van der Waals surface area contributed by atoms with Crippen molar-refractivity contribution in [3.63, 3.8) is 0 Å². The lowest BCUT2D eigenvalue weighted by molar-refractivity contribution is -0.169. The fraction of sp³-hybridized carbons (Fsp3) is 0.348. The smallest absolute Gasteiger partial charge is 0.440 e. The average Bonchev–Trinajstić information content (AvgIpc) is 3.10. The van der Waals surface area contributed by atoms with Crippen LogP contribution in [0, 0.1) is 13.8 Å². The Morgan fingerprint density at radius 2 is 1.90 bits per heavy atom. The number of carbonyl (C=O) groups is 1. The molecule has 0 fully saturated rings. The second-order valence-electron chi connectivity index (χ2n) is 7.25. The monoisotopic (exact) mass is 452 g/mol.